The Kier molecular flexibility index (Phi) is 3.43. The number of hydrogen-bond acceptors (Lipinski definition) is 1. The Labute approximate surface area is 135 Å². The number of imidazole rings is 1. The lowest BCUT2D eigenvalue weighted by atomic mass is 10.0. The molecule has 1 aromatic heterocycles. The predicted octanol–water partition coefficient (Wildman–Crippen LogP) is 5.46. The summed E-state index contributed by atoms with van der Waals surface area (Å²) in [5, 5.41) is 2.46. The van der Waals surface area contributed by atoms with Gasteiger partial charge in [-0.05, 0) is 17.2 Å². The van der Waals surface area contributed by atoms with E-state index in [2.05, 4.69) is 78.6 Å². The van der Waals surface area contributed by atoms with Crippen molar-refractivity contribution in [2.24, 2.45) is 0 Å². The van der Waals surface area contributed by atoms with Crippen LogP contribution in [0.25, 0.3) is 33.4 Å². The third-order valence-corrected chi connectivity index (χ3v) is 4.22. The number of fused-ring (bicyclic) bond motifs is 1. The SMILES string of the molecule is CCc1[nH]c(-c2cccc3ccccc23)nc1-c1ccccc1. The molecule has 0 aliphatic heterocycles. The van der Waals surface area contributed by atoms with Crippen LogP contribution in [0.1, 0.15) is 12.6 Å². The molecule has 112 valence electrons. The van der Waals surface area contributed by atoms with Gasteiger partial charge in [0.05, 0.1) is 5.69 Å². The summed E-state index contributed by atoms with van der Waals surface area (Å²) in [4.78, 5) is 8.44. The lowest BCUT2D eigenvalue weighted by Crippen LogP contribution is -1.85. The first kappa shape index (κ1) is 13.8. The second kappa shape index (κ2) is 5.73. The Bertz CT molecular complexity index is 947. The van der Waals surface area contributed by atoms with E-state index in [0.29, 0.717) is 0 Å². The molecule has 0 spiro atoms. The van der Waals surface area contributed by atoms with Gasteiger partial charge in [0.1, 0.15) is 5.82 Å². The van der Waals surface area contributed by atoms with Crippen LogP contribution in [-0.2, 0) is 6.42 Å². The van der Waals surface area contributed by atoms with Crippen LogP contribution < -0.4 is 0 Å². The fourth-order valence-corrected chi connectivity index (χ4v) is 3.06. The van der Waals surface area contributed by atoms with Crippen LogP contribution in [0.2, 0.25) is 0 Å². The number of nitrogens with one attached hydrogen (secondary N) is 1. The molecule has 23 heavy (non-hydrogen) atoms. The molecule has 1 N–H and O–H groups in total. The summed E-state index contributed by atoms with van der Waals surface area (Å²) in [7, 11) is 0. The summed E-state index contributed by atoms with van der Waals surface area (Å²) >= 11 is 0. The molecule has 0 saturated carbocycles. The molecule has 4 aromatic rings. The van der Waals surface area contributed by atoms with E-state index in [4.69, 9.17) is 4.98 Å². The van der Waals surface area contributed by atoms with Crippen molar-refractivity contribution < 1.29 is 0 Å². The van der Waals surface area contributed by atoms with E-state index in [-0.39, 0.29) is 0 Å². The highest BCUT2D eigenvalue weighted by molar-refractivity contribution is 5.95. The van der Waals surface area contributed by atoms with Gasteiger partial charge in [0.25, 0.3) is 0 Å². The summed E-state index contributed by atoms with van der Waals surface area (Å²) in [6, 6.07) is 25.2. The number of rotatable bonds is 3. The van der Waals surface area contributed by atoms with E-state index in [0.717, 1.165) is 29.1 Å². The van der Waals surface area contributed by atoms with Gasteiger partial charge in [-0.15, -0.1) is 0 Å². The van der Waals surface area contributed by atoms with Crippen LogP contribution in [0.4, 0.5) is 0 Å². The second-order valence-electron chi connectivity index (χ2n) is 5.66. The molecule has 3 aromatic carbocycles. The first-order valence-electron chi connectivity index (χ1n) is 7.99. The summed E-state index contributed by atoms with van der Waals surface area (Å²) < 4.78 is 0. The molecule has 0 radical (unpaired) electrons. The van der Waals surface area contributed by atoms with Gasteiger partial charge in [-0.3, -0.25) is 0 Å². The molecule has 1 heterocycles. The highest BCUT2D eigenvalue weighted by atomic mass is 14.9. The first-order valence-corrected chi connectivity index (χ1v) is 7.99. The molecule has 0 amide bonds. The highest BCUT2D eigenvalue weighted by Crippen LogP contribution is 2.30. The topological polar surface area (TPSA) is 28.7 Å². The predicted molar refractivity (Wildman–Crippen MR) is 96.3 cm³/mol. The van der Waals surface area contributed by atoms with Gasteiger partial charge < -0.3 is 4.98 Å². The lowest BCUT2D eigenvalue weighted by molar-refractivity contribution is 1.07. The maximum atomic E-state index is 4.92. The second-order valence-corrected chi connectivity index (χ2v) is 5.66. The van der Waals surface area contributed by atoms with Crippen molar-refractivity contribution in [1.29, 1.82) is 0 Å². The maximum Gasteiger partial charge on any atom is 0.138 e. The summed E-state index contributed by atoms with van der Waals surface area (Å²) in [6.45, 7) is 2.16. The summed E-state index contributed by atoms with van der Waals surface area (Å²) in [6.07, 6.45) is 0.933. The molecule has 0 fully saturated rings. The van der Waals surface area contributed by atoms with E-state index in [1.807, 2.05) is 6.07 Å². The monoisotopic (exact) mass is 298 g/mol. The van der Waals surface area contributed by atoms with Gasteiger partial charge in [-0.2, -0.15) is 0 Å². The number of aromatic nitrogens is 2. The number of nitrogens with zero attached hydrogens (tertiary/aromatic N) is 1. The van der Waals surface area contributed by atoms with Crippen molar-refractivity contribution in [3.05, 3.63) is 78.5 Å². The molecule has 0 atom stereocenters. The van der Waals surface area contributed by atoms with Gasteiger partial charge in [-0.1, -0.05) is 79.7 Å². The van der Waals surface area contributed by atoms with Gasteiger partial charge >= 0.3 is 0 Å². The first-order chi connectivity index (χ1) is 11.4. The largest absolute Gasteiger partial charge is 0.341 e. The third-order valence-electron chi connectivity index (χ3n) is 4.22. The number of H-pyrrole nitrogens is 1. The average Bonchev–Trinajstić information content (AvgIpc) is 3.06. The van der Waals surface area contributed by atoms with Gasteiger partial charge in [0, 0.05) is 16.8 Å². The molecule has 4 rings (SSSR count). The van der Waals surface area contributed by atoms with E-state index in [1.54, 1.807) is 0 Å². The molecule has 0 aliphatic carbocycles. The zero-order chi connectivity index (χ0) is 15.6. The standard InChI is InChI=1S/C21H18N2/c1-2-19-20(16-10-4-3-5-11-16)23-21(22-19)18-14-8-12-15-9-6-7-13-17(15)18/h3-14H,2H2,1H3,(H,22,23). The van der Waals surface area contributed by atoms with Gasteiger partial charge in [0.15, 0.2) is 0 Å². The zero-order valence-corrected chi connectivity index (χ0v) is 13.1. The van der Waals surface area contributed by atoms with E-state index < -0.39 is 0 Å². The summed E-state index contributed by atoms with van der Waals surface area (Å²) in [5.41, 5.74) is 4.54. The Hall–Kier alpha value is -2.87. The lowest BCUT2D eigenvalue weighted by Gasteiger charge is -2.03. The van der Waals surface area contributed by atoms with Crippen molar-refractivity contribution >= 4 is 10.8 Å². The molecular weight excluding hydrogens is 280 g/mol. The van der Waals surface area contributed by atoms with Gasteiger partial charge in [0.2, 0.25) is 0 Å². The molecule has 2 nitrogen and oxygen atoms in total. The average molecular weight is 298 g/mol. The minimum absolute atomic E-state index is 0.933. The third kappa shape index (κ3) is 2.42. The maximum absolute atomic E-state index is 4.92. The van der Waals surface area contributed by atoms with E-state index in [9.17, 15) is 0 Å². The van der Waals surface area contributed by atoms with Crippen molar-refractivity contribution in [2.75, 3.05) is 0 Å². The number of aromatic amines is 1. The number of aryl methyl sites for hydroxylation is 1. The van der Waals surface area contributed by atoms with Crippen LogP contribution in [0, 0.1) is 0 Å². The van der Waals surface area contributed by atoms with E-state index in [1.165, 1.54) is 16.5 Å². The number of hydrogen-bond donors (Lipinski definition) is 1. The van der Waals surface area contributed by atoms with Gasteiger partial charge in [-0.25, -0.2) is 4.98 Å². The smallest absolute Gasteiger partial charge is 0.138 e. The van der Waals surface area contributed by atoms with Crippen LogP contribution in [0.3, 0.4) is 0 Å². The Balaban J connectivity index is 1.91. The molecule has 0 unspecified atom stereocenters. The van der Waals surface area contributed by atoms with Crippen molar-refractivity contribution in [2.45, 2.75) is 13.3 Å². The summed E-state index contributed by atoms with van der Waals surface area (Å²) in [5.74, 6) is 0.942. The Morgan fingerprint density at radius 2 is 1.57 bits per heavy atom. The highest BCUT2D eigenvalue weighted by Gasteiger charge is 2.13. The minimum atomic E-state index is 0.933. The normalized spacial score (nSPS) is 11.0. The molecular formula is C21H18N2. The Morgan fingerprint density at radius 1 is 0.826 bits per heavy atom. The molecule has 0 saturated heterocycles. The zero-order valence-electron chi connectivity index (χ0n) is 13.1. The Morgan fingerprint density at radius 3 is 2.39 bits per heavy atom. The van der Waals surface area contributed by atoms with Crippen molar-refractivity contribution in [3.63, 3.8) is 0 Å². The fourth-order valence-electron chi connectivity index (χ4n) is 3.06. The molecule has 0 bridgehead atoms. The molecule has 0 aliphatic rings. The van der Waals surface area contributed by atoms with Crippen LogP contribution >= 0.6 is 0 Å². The van der Waals surface area contributed by atoms with Crippen LogP contribution in [0.5, 0.6) is 0 Å². The number of benzene rings is 3. The van der Waals surface area contributed by atoms with E-state index >= 15 is 0 Å². The van der Waals surface area contributed by atoms with Crippen molar-refractivity contribution in [1.82, 2.24) is 9.97 Å². The molecule has 2 heteroatoms. The van der Waals surface area contributed by atoms with Crippen LogP contribution in [-0.4, -0.2) is 9.97 Å². The van der Waals surface area contributed by atoms with Crippen LogP contribution in [0.15, 0.2) is 72.8 Å². The fraction of sp³-hybridized carbons (Fsp3) is 0.0952. The van der Waals surface area contributed by atoms with Crippen molar-refractivity contribution in [3.8, 4) is 22.6 Å². The minimum Gasteiger partial charge on any atom is -0.341 e. The quantitative estimate of drug-likeness (QED) is 0.534.